The zero-order valence-electron chi connectivity index (χ0n) is 24.4. The summed E-state index contributed by atoms with van der Waals surface area (Å²) in [4.78, 5) is 27.0. The maximum absolute atomic E-state index is 15.6. The Labute approximate surface area is 247 Å². The molecule has 4 rings (SSSR count). The number of hydrogen-bond donors (Lipinski definition) is 4. The van der Waals surface area contributed by atoms with E-state index >= 15 is 4.39 Å². The van der Waals surface area contributed by atoms with Gasteiger partial charge in [0.2, 0.25) is 0 Å². The van der Waals surface area contributed by atoms with E-state index in [1.165, 1.54) is 13.2 Å². The lowest BCUT2D eigenvalue weighted by Gasteiger charge is -2.43. The number of rotatable bonds is 11. The van der Waals surface area contributed by atoms with Gasteiger partial charge in [0.1, 0.15) is 5.82 Å². The monoisotopic (exact) mass is 576 g/mol. The van der Waals surface area contributed by atoms with E-state index in [-0.39, 0.29) is 24.8 Å². The molecule has 0 saturated carbocycles. The van der Waals surface area contributed by atoms with Gasteiger partial charge in [0.05, 0.1) is 12.7 Å². The smallest absolute Gasteiger partial charge is 0.406 e. The molecule has 42 heavy (non-hydrogen) atoms. The van der Waals surface area contributed by atoms with Gasteiger partial charge in [0.25, 0.3) is 5.91 Å². The molecule has 2 atom stereocenters. The van der Waals surface area contributed by atoms with Crippen molar-refractivity contribution in [1.82, 2.24) is 15.5 Å². The highest BCUT2D eigenvalue weighted by Crippen LogP contribution is 2.44. The average Bonchev–Trinajstić information content (AvgIpc) is 3.01. The molecule has 0 spiro atoms. The molecule has 5 N–H and O–H groups in total. The number of aryl methyl sites for hydroxylation is 1. The molecule has 0 bridgehead atoms. The van der Waals surface area contributed by atoms with E-state index in [9.17, 15) is 14.7 Å². The number of benzene rings is 3. The molecule has 1 aliphatic rings. The Kier molecular flexibility index (Phi) is 10.7. The molecule has 1 heterocycles. The lowest BCUT2D eigenvalue weighted by molar-refractivity contribution is -0.0564. The van der Waals surface area contributed by atoms with Gasteiger partial charge >= 0.3 is 6.09 Å². The number of nitrogens with zero attached hydrogens (tertiary/aromatic N) is 1. The van der Waals surface area contributed by atoms with Crippen LogP contribution < -0.4 is 16.4 Å². The van der Waals surface area contributed by atoms with Crippen molar-refractivity contribution >= 4 is 12.0 Å². The van der Waals surface area contributed by atoms with Gasteiger partial charge in [0.15, 0.2) is 0 Å². The molecule has 0 radical (unpaired) electrons. The fourth-order valence-corrected chi connectivity index (χ4v) is 5.87. The summed E-state index contributed by atoms with van der Waals surface area (Å²) in [5.74, 6) is -0.880. The Morgan fingerprint density at radius 2 is 1.90 bits per heavy atom. The van der Waals surface area contributed by atoms with Crippen molar-refractivity contribution in [1.29, 1.82) is 0 Å². The van der Waals surface area contributed by atoms with E-state index in [2.05, 4.69) is 15.4 Å². The van der Waals surface area contributed by atoms with Crippen molar-refractivity contribution in [2.45, 2.75) is 44.8 Å². The number of carbonyl (C=O) groups excluding carboxylic acids is 2. The third-order valence-electron chi connectivity index (χ3n) is 8.03. The van der Waals surface area contributed by atoms with Gasteiger partial charge in [-0.1, -0.05) is 54.1 Å². The van der Waals surface area contributed by atoms with Crippen molar-refractivity contribution in [3.05, 3.63) is 94.8 Å². The van der Waals surface area contributed by atoms with Crippen LogP contribution in [0.1, 0.15) is 52.7 Å². The highest BCUT2D eigenvalue weighted by atomic mass is 19.1. The molecule has 0 aliphatic carbocycles. The molecule has 224 valence electrons. The van der Waals surface area contributed by atoms with Crippen LogP contribution in [-0.4, -0.2) is 55.4 Å². The van der Waals surface area contributed by atoms with Gasteiger partial charge in [0, 0.05) is 49.9 Å². The summed E-state index contributed by atoms with van der Waals surface area (Å²) in [6, 6.07) is 19.8. The van der Waals surface area contributed by atoms with Gasteiger partial charge in [-0.25, -0.2) is 9.18 Å². The van der Waals surface area contributed by atoms with Crippen LogP contribution in [0.4, 0.5) is 9.18 Å². The largest absolute Gasteiger partial charge is 0.453 e. The van der Waals surface area contributed by atoms with Gasteiger partial charge in [-0.3, -0.25) is 4.79 Å². The fourth-order valence-electron chi connectivity index (χ4n) is 5.87. The molecule has 9 heteroatoms. The summed E-state index contributed by atoms with van der Waals surface area (Å²) in [6.07, 6.45) is 1.50. The first-order valence-corrected chi connectivity index (χ1v) is 14.5. The van der Waals surface area contributed by atoms with Gasteiger partial charge < -0.3 is 31.1 Å². The van der Waals surface area contributed by atoms with E-state index in [4.69, 9.17) is 5.73 Å². The van der Waals surface area contributed by atoms with Gasteiger partial charge in [-0.05, 0) is 67.5 Å². The zero-order chi connectivity index (χ0) is 30.1. The third-order valence-corrected chi connectivity index (χ3v) is 8.03. The second kappa shape index (κ2) is 14.4. The number of likely N-dealkylation sites (tertiary alicyclic amines) is 1. The maximum atomic E-state index is 15.6. The number of alkyl carbamates (subject to hydrolysis) is 1. The predicted octanol–water partition coefficient (Wildman–Crippen LogP) is 4.68. The minimum absolute atomic E-state index is 0.106. The summed E-state index contributed by atoms with van der Waals surface area (Å²) in [6.45, 7) is 4.10. The SMILES string of the molecule is COC(=O)NCCCC(O)(c1cccc(F)c1-c1cccc(C)c1)[C@@H]1CCCN(C(=O)c2ccc(CNCN)cc2)C1. The zero-order valence-corrected chi connectivity index (χ0v) is 24.4. The van der Waals surface area contributed by atoms with Crippen molar-refractivity contribution in [3.8, 4) is 11.1 Å². The van der Waals surface area contributed by atoms with Crippen LogP contribution in [0, 0.1) is 18.7 Å². The van der Waals surface area contributed by atoms with Crippen LogP contribution in [0.25, 0.3) is 11.1 Å². The van der Waals surface area contributed by atoms with Crippen molar-refractivity contribution in [2.24, 2.45) is 11.7 Å². The molecule has 0 aromatic heterocycles. The minimum atomic E-state index is -1.46. The molecule has 3 aromatic carbocycles. The van der Waals surface area contributed by atoms with E-state index < -0.39 is 17.5 Å². The topological polar surface area (TPSA) is 117 Å². The quantitative estimate of drug-likeness (QED) is 0.195. The van der Waals surface area contributed by atoms with Crippen LogP contribution in [0.15, 0.2) is 66.7 Å². The number of amides is 2. The van der Waals surface area contributed by atoms with Crippen molar-refractivity contribution < 1.29 is 23.8 Å². The highest BCUT2D eigenvalue weighted by Gasteiger charge is 2.43. The number of carbonyl (C=O) groups is 2. The summed E-state index contributed by atoms with van der Waals surface area (Å²) >= 11 is 0. The molecular weight excluding hydrogens is 535 g/mol. The van der Waals surface area contributed by atoms with Crippen LogP contribution in [0.3, 0.4) is 0 Å². The number of hydrogen-bond acceptors (Lipinski definition) is 6. The molecular formula is C33H41FN4O4. The molecule has 1 unspecified atom stereocenters. The van der Waals surface area contributed by atoms with Crippen LogP contribution in [0.2, 0.25) is 0 Å². The van der Waals surface area contributed by atoms with Crippen LogP contribution in [0.5, 0.6) is 0 Å². The molecule has 3 aromatic rings. The Morgan fingerprint density at radius 3 is 2.62 bits per heavy atom. The van der Waals surface area contributed by atoms with Gasteiger partial charge in [-0.15, -0.1) is 0 Å². The van der Waals surface area contributed by atoms with Crippen LogP contribution >= 0.6 is 0 Å². The number of nitrogens with two attached hydrogens (primary N) is 1. The first-order valence-electron chi connectivity index (χ1n) is 14.5. The summed E-state index contributed by atoms with van der Waals surface area (Å²) < 4.78 is 20.3. The number of ether oxygens (including phenoxy) is 1. The first kappa shape index (κ1) is 31.2. The predicted molar refractivity (Wildman–Crippen MR) is 161 cm³/mol. The summed E-state index contributed by atoms with van der Waals surface area (Å²) in [5.41, 5.74) is 8.16. The number of aliphatic hydroxyl groups is 1. The highest BCUT2D eigenvalue weighted by molar-refractivity contribution is 5.94. The number of halogens is 1. The van der Waals surface area contributed by atoms with Crippen molar-refractivity contribution in [2.75, 3.05) is 33.4 Å². The second-order valence-electron chi connectivity index (χ2n) is 10.9. The Hall–Kier alpha value is -3.79. The summed E-state index contributed by atoms with van der Waals surface area (Å²) in [7, 11) is 1.30. The van der Waals surface area contributed by atoms with E-state index in [0.29, 0.717) is 67.8 Å². The normalized spacial score (nSPS) is 16.5. The molecule has 2 amide bonds. The van der Waals surface area contributed by atoms with E-state index in [1.807, 2.05) is 55.5 Å². The molecule has 1 saturated heterocycles. The average molecular weight is 577 g/mol. The van der Waals surface area contributed by atoms with Gasteiger partial charge in [-0.2, -0.15) is 0 Å². The van der Waals surface area contributed by atoms with E-state index in [0.717, 1.165) is 11.1 Å². The minimum Gasteiger partial charge on any atom is -0.453 e. The third kappa shape index (κ3) is 7.34. The lowest BCUT2D eigenvalue weighted by Crippen LogP contribution is -2.48. The lowest BCUT2D eigenvalue weighted by atomic mass is 9.72. The number of nitrogens with one attached hydrogen (secondary N) is 2. The Bertz CT molecular complexity index is 1370. The summed E-state index contributed by atoms with van der Waals surface area (Å²) in [5, 5.41) is 18.3. The number of methoxy groups -OCH3 is 1. The van der Waals surface area contributed by atoms with Crippen LogP contribution in [-0.2, 0) is 16.9 Å². The molecule has 1 aliphatic heterocycles. The standard InChI is InChI=1S/C33H41FN4O4/c1-23-7-3-8-26(19-23)30-28(10-4-11-29(30)34)33(41,16-6-17-37-32(40)42-2)27-9-5-18-38(21-27)31(39)25-14-12-24(13-15-25)20-36-22-35/h3-4,7-8,10-15,19,27,36,41H,5-6,9,16-18,20-22,35H2,1-2H3,(H,37,40)/t27-,33?/m1/s1. The van der Waals surface area contributed by atoms with E-state index in [1.54, 1.807) is 17.0 Å². The maximum Gasteiger partial charge on any atom is 0.406 e. The second-order valence-corrected chi connectivity index (χ2v) is 10.9. The number of piperidine rings is 1. The molecule has 8 nitrogen and oxygen atoms in total. The fraction of sp³-hybridized carbons (Fsp3) is 0.394. The Balaban J connectivity index is 1.65. The van der Waals surface area contributed by atoms with Crippen molar-refractivity contribution in [3.63, 3.8) is 0 Å². The molecule has 1 fully saturated rings. The Morgan fingerprint density at radius 1 is 1.14 bits per heavy atom. The first-order chi connectivity index (χ1) is 20.3.